The molecule has 0 bridgehead atoms. The zero-order chi connectivity index (χ0) is 7.68. The molecule has 1 aliphatic heterocycles. The summed E-state index contributed by atoms with van der Waals surface area (Å²) in [6, 6.07) is 7.39. The zero-order valence-electron chi connectivity index (χ0n) is 5.78. The standard InChI is InChI=1S/C8H6NO2/c10-8-5-6-3-1-2-4-7(6)11-9-8/h1-4H,5H2. The van der Waals surface area contributed by atoms with E-state index in [2.05, 4.69) is 5.16 Å². The fraction of sp³-hybridized carbons (Fsp3) is 0.125. The van der Waals surface area contributed by atoms with Crippen molar-refractivity contribution < 1.29 is 9.94 Å². The molecule has 0 saturated carbocycles. The highest BCUT2D eigenvalue weighted by Gasteiger charge is 2.13. The summed E-state index contributed by atoms with van der Waals surface area (Å²) in [5.74, 6) is 0.468. The molecule has 1 heterocycles. The average molecular weight is 148 g/mol. The third kappa shape index (κ3) is 1.05. The van der Waals surface area contributed by atoms with E-state index < -0.39 is 0 Å². The van der Waals surface area contributed by atoms with Gasteiger partial charge in [0.05, 0.1) is 6.42 Å². The van der Waals surface area contributed by atoms with E-state index >= 15 is 0 Å². The highest BCUT2D eigenvalue weighted by atomic mass is 16.6. The van der Waals surface area contributed by atoms with Crippen LogP contribution in [-0.4, -0.2) is 5.90 Å². The molecule has 0 amide bonds. The minimum Gasteiger partial charge on any atom is -0.353 e. The van der Waals surface area contributed by atoms with E-state index in [1.165, 1.54) is 0 Å². The molecule has 55 valence electrons. The van der Waals surface area contributed by atoms with Crippen molar-refractivity contribution in [2.45, 2.75) is 6.42 Å². The molecule has 0 saturated heterocycles. The van der Waals surface area contributed by atoms with Crippen LogP contribution in [0.25, 0.3) is 0 Å². The van der Waals surface area contributed by atoms with Crippen LogP contribution in [0.4, 0.5) is 0 Å². The Kier molecular flexibility index (Phi) is 1.28. The largest absolute Gasteiger partial charge is 0.353 e. The topological polar surface area (TPSA) is 41.5 Å². The van der Waals surface area contributed by atoms with Crippen molar-refractivity contribution in [1.82, 2.24) is 0 Å². The van der Waals surface area contributed by atoms with Crippen LogP contribution in [-0.2, 0) is 11.5 Å². The molecule has 1 aromatic carbocycles. The Labute approximate surface area is 63.9 Å². The van der Waals surface area contributed by atoms with Gasteiger partial charge in [0.2, 0.25) is 0 Å². The number of nitrogens with zero attached hydrogens (tertiary/aromatic N) is 1. The van der Waals surface area contributed by atoms with Crippen molar-refractivity contribution in [2.24, 2.45) is 5.16 Å². The molecule has 3 heteroatoms. The highest BCUT2D eigenvalue weighted by Crippen LogP contribution is 2.21. The second-order valence-corrected chi connectivity index (χ2v) is 2.36. The lowest BCUT2D eigenvalue weighted by Crippen LogP contribution is -2.08. The SMILES string of the molecule is [O]C1=NOc2ccccc2C1. The number of rotatable bonds is 0. The summed E-state index contributed by atoms with van der Waals surface area (Å²) < 4.78 is 0. The van der Waals surface area contributed by atoms with Gasteiger partial charge in [0, 0.05) is 5.56 Å². The molecular formula is C8H6NO2. The molecule has 0 aliphatic carbocycles. The molecule has 0 spiro atoms. The second-order valence-electron chi connectivity index (χ2n) is 2.36. The van der Waals surface area contributed by atoms with Gasteiger partial charge in [0.1, 0.15) is 0 Å². The monoisotopic (exact) mass is 148 g/mol. The van der Waals surface area contributed by atoms with E-state index in [0.717, 1.165) is 5.56 Å². The minimum absolute atomic E-state index is 0.219. The third-order valence-electron chi connectivity index (χ3n) is 1.56. The summed E-state index contributed by atoms with van der Waals surface area (Å²) in [7, 11) is 0. The predicted octanol–water partition coefficient (Wildman–Crippen LogP) is 1.37. The first-order chi connectivity index (χ1) is 5.36. The zero-order valence-corrected chi connectivity index (χ0v) is 5.78. The summed E-state index contributed by atoms with van der Waals surface area (Å²) in [4.78, 5) is 4.81. The van der Waals surface area contributed by atoms with Crippen molar-refractivity contribution >= 4 is 5.90 Å². The molecule has 11 heavy (non-hydrogen) atoms. The van der Waals surface area contributed by atoms with Gasteiger partial charge in [-0.3, -0.25) is 5.11 Å². The Morgan fingerprint density at radius 1 is 1.36 bits per heavy atom. The van der Waals surface area contributed by atoms with Crippen LogP contribution in [0.2, 0.25) is 0 Å². The molecule has 1 aliphatic rings. The van der Waals surface area contributed by atoms with Crippen LogP contribution in [0.5, 0.6) is 5.75 Å². The smallest absolute Gasteiger partial charge is 0.286 e. The lowest BCUT2D eigenvalue weighted by atomic mass is 10.1. The van der Waals surface area contributed by atoms with E-state index in [4.69, 9.17) is 4.84 Å². The lowest BCUT2D eigenvalue weighted by molar-refractivity contribution is 0.288. The van der Waals surface area contributed by atoms with E-state index in [0.29, 0.717) is 12.2 Å². The predicted molar refractivity (Wildman–Crippen MR) is 38.9 cm³/mol. The van der Waals surface area contributed by atoms with Gasteiger partial charge in [-0.15, -0.1) is 0 Å². The van der Waals surface area contributed by atoms with Crippen LogP contribution in [0.15, 0.2) is 29.4 Å². The van der Waals surface area contributed by atoms with Gasteiger partial charge in [-0.25, -0.2) is 0 Å². The molecule has 3 nitrogen and oxygen atoms in total. The maximum atomic E-state index is 10.7. The van der Waals surface area contributed by atoms with Gasteiger partial charge in [-0.1, -0.05) is 18.2 Å². The van der Waals surface area contributed by atoms with Gasteiger partial charge in [-0.05, 0) is 11.2 Å². The first-order valence-electron chi connectivity index (χ1n) is 3.35. The lowest BCUT2D eigenvalue weighted by Gasteiger charge is -2.08. The van der Waals surface area contributed by atoms with Crippen molar-refractivity contribution in [3.8, 4) is 5.75 Å². The van der Waals surface area contributed by atoms with Gasteiger partial charge in [-0.2, -0.15) is 0 Å². The number of hydrogen-bond acceptors (Lipinski definition) is 2. The Morgan fingerprint density at radius 3 is 3.09 bits per heavy atom. The molecule has 2 rings (SSSR count). The minimum atomic E-state index is -0.219. The fourth-order valence-corrected chi connectivity index (χ4v) is 1.03. The molecule has 0 unspecified atom stereocenters. The Bertz CT molecular complexity index is 307. The van der Waals surface area contributed by atoms with Crippen molar-refractivity contribution in [3.05, 3.63) is 29.8 Å². The number of benzene rings is 1. The van der Waals surface area contributed by atoms with Crippen LogP contribution >= 0.6 is 0 Å². The van der Waals surface area contributed by atoms with Gasteiger partial charge in [0.15, 0.2) is 5.75 Å². The van der Waals surface area contributed by atoms with Crippen LogP contribution < -0.4 is 4.84 Å². The Hall–Kier alpha value is -1.51. The van der Waals surface area contributed by atoms with Crippen LogP contribution in [0, 0.1) is 0 Å². The fourth-order valence-electron chi connectivity index (χ4n) is 1.03. The van der Waals surface area contributed by atoms with E-state index in [9.17, 15) is 5.11 Å². The molecule has 0 aromatic heterocycles. The Morgan fingerprint density at radius 2 is 2.18 bits per heavy atom. The highest BCUT2D eigenvalue weighted by molar-refractivity contribution is 5.77. The molecule has 0 N–H and O–H groups in total. The first kappa shape index (κ1) is 6.22. The van der Waals surface area contributed by atoms with Gasteiger partial charge >= 0.3 is 0 Å². The molecule has 0 atom stereocenters. The number of para-hydroxylation sites is 1. The van der Waals surface area contributed by atoms with Crippen molar-refractivity contribution in [3.63, 3.8) is 0 Å². The number of fused-ring (bicyclic) bond motifs is 1. The van der Waals surface area contributed by atoms with Gasteiger partial charge < -0.3 is 4.84 Å². The molecule has 1 aromatic rings. The molecule has 0 fully saturated rings. The van der Waals surface area contributed by atoms with Crippen molar-refractivity contribution in [2.75, 3.05) is 0 Å². The van der Waals surface area contributed by atoms with E-state index in [1.807, 2.05) is 18.2 Å². The van der Waals surface area contributed by atoms with Crippen molar-refractivity contribution in [1.29, 1.82) is 0 Å². The maximum absolute atomic E-state index is 10.7. The summed E-state index contributed by atoms with van der Waals surface area (Å²) >= 11 is 0. The average Bonchev–Trinajstić information content (AvgIpc) is 2.04. The number of hydrogen-bond donors (Lipinski definition) is 0. The number of oxime groups is 1. The molecular weight excluding hydrogens is 142 g/mol. The normalized spacial score (nSPS) is 14.7. The summed E-state index contributed by atoms with van der Waals surface area (Å²) in [6.07, 6.45) is 0.357. The first-order valence-corrected chi connectivity index (χ1v) is 3.35. The summed E-state index contributed by atoms with van der Waals surface area (Å²) in [6.45, 7) is 0. The summed E-state index contributed by atoms with van der Waals surface area (Å²) in [5.41, 5.74) is 0.910. The third-order valence-corrected chi connectivity index (χ3v) is 1.56. The van der Waals surface area contributed by atoms with Crippen LogP contribution in [0.3, 0.4) is 0 Å². The van der Waals surface area contributed by atoms with E-state index in [-0.39, 0.29) is 5.90 Å². The Balaban J connectivity index is 2.42. The van der Waals surface area contributed by atoms with Crippen LogP contribution in [0.1, 0.15) is 5.56 Å². The van der Waals surface area contributed by atoms with E-state index in [1.54, 1.807) is 6.07 Å². The quantitative estimate of drug-likeness (QED) is 0.547. The summed E-state index contributed by atoms with van der Waals surface area (Å²) in [5, 5.41) is 14.1. The molecule has 1 radical (unpaired) electrons. The maximum Gasteiger partial charge on any atom is 0.286 e. The second kappa shape index (κ2) is 2.27. The van der Waals surface area contributed by atoms with Gasteiger partial charge in [0.25, 0.3) is 5.90 Å².